The molecule has 0 aromatic heterocycles. The van der Waals surface area contributed by atoms with Gasteiger partial charge in [0, 0.05) is 0 Å². The Morgan fingerprint density at radius 3 is 2.23 bits per heavy atom. The van der Waals surface area contributed by atoms with Gasteiger partial charge in [-0.15, -0.1) is 11.6 Å². The molecule has 2 heteroatoms. The minimum atomic E-state index is -0.138. The van der Waals surface area contributed by atoms with Crippen LogP contribution in [0.5, 0.6) is 0 Å². The number of hydrogen-bond acceptors (Lipinski definition) is 0. The number of benzene rings is 2. The molecule has 1 saturated carbocycles. The van der Waals surface area contributed by atoms with Crippen molar-refractivity contribution in [3.63, 3.8) is 0 Å². The molecule has 22 heavy (non-hydrogen) atoms. The van der Waals surface area contributed by atoms with E-state index in [4.69, 9.17) is 11.6 Å². The second-order valence-corrected chi connectivity index (χ2v) is 8.66. The average Bonchev–Trinajstić information content (AvgIpc) is 2.47. The molecule has 114 valence electrons. The van der Waals surface area contributed by atoms with Crippen molar-refractivity contribution in [3.05, 3.63) is 59.2 Å². The van der Waals surface area contributed by atoms with E-state index in [1.54, 1.807) is 0 Å². The second kappa shape index (κ2) is 6.60. The van der Waals surface area contributed by atoms with Crippen LogP contribution in [0.3, 0.4) is 0 Å². The summed E-state index contributed by atoms with van der Waals surface area (Å²) in [5.74, 6) is 0. The molecule has 0 N–H and O–H groups in total. The highest BCUT2D eigenvalue weighted by Crippen LogP contribution is 2.42. The predicted molar refractivity (Wildman–Crippen MR) is 98.0 cm³/mol. The molecule has 2 aromatic carbocycles. The van der Waals surface area contributed by atoms with Gasteiger partial charge in [-0.1, -0.05) is 83.2 Å². The third-order valence-corrected chi connectivity index (χ3v) is 6.42. The number of aryl methyl sites for hydroxylation is 2. The van der Waals surface area contributed by atoms with Crippen LogP contribution in [0, 0.1) is 13.8 Å². The fraction of sp³-hybridized carbons (Fsp3) is 0.400. The molecule has 1 aliphatic carbocycles. The summed E-state index contributed by atoms with van der Waals surface area (Å²) in [7, 11) is 0.689. The highest BCUT2D eigenvalue weighted by atomic mass is 35.5. The van der Waals surface area contributed by atoms with Gasteiger partial charge in [0.2, 0.25) is 0 Å². The lowest BCUT2D eigenvalue weighted by atomic mass is 9.83. The quantitative estimate of drug-likeness (QED) is 0.581. The largest absolute Gasteiger partial charge is 0.122 e. The van der Waals surface area contributed by atoms with Crippen molar-refractivity contribution < 1.29 is 0 Å². The summed E-state index contributed by atoms with van der Waals surface area (Å²) in [6.07, 6.45) is 6.07. The van der Waals surface area contributed by atoms with Gasteiger partial charge >= 0.3 is 0 Å². The van der Waals surface area contributed by atoms with Crippen LogP contribution in [0.25, 0.3) is 0 Å². The van der Waals surface area contributed by atoms with Crippen molar-refractivity contribution in [2.24, 2.45) is 0 Å². The van der Waals surface area contributed by atoms with E-state index >= 15 is 0 Å². The lowest BCUT2D eigenvalue weighted by Crippen LogP contribution is -2.36. The topological polar surface area (TPSA) is 0 Å². The third kappa shape index (κ3) is 3.47. The Hall–Kier alpha value is -1.05. The standard InChI is InChI=1S/C20H23ClSi/c1-15-12-16(2)14-17(13-15)22-19-9-5-4-8-18(19)20(21)10-6-3-7-11-20/h4-5,8-9,12-14H,3,6-7,10-11H2,1-2H3. The SMILES string of the molecule is Cc1cc(C)cc([Si]c2ccccc2C2(Cl)CCCCC2)c1. The third-order valence-electron chi connectivity index (χ3n) is 4.56. The first-order valence-electron chi connectivity index (χ1n) is 8.21. The highest BCUT2D eigenvalue weighted by molar-refractivity contribution is 6.68. The highest BCUT2D eigenvalue weighted by Gasteiger charge is 2.33. The van der Waals surface area contributed by atoms with Crippen LogP contribution in [-0.4, -0.2) is 9.52 Å². The molecule has 0 unspecified atom stereocenters. The molecule has 0 aliphatic heterocycles. The molecular formula is C20H23ClSi. The molecule has 1 fully saturated rings. The van der Waals surface area contributed by atoms with Crippen LogP contribution < -0.4 is 10.4 Å². The van der Waals surface area contributed by atoms with Crippen molar-refractivity contribution in [1.82, 2.24) is 0 Å². The number of halogens is 1. The van der Waals surface area contributed by atoms with Crippen LogP contribution in [0.4, 0.5) is 0 Å². The van der Waals surface area contributed by atoms with Gasteiger partial charge in [-0.25, -0.2) is 0 Å². The number of alkyl halides is 1. The van der Waals surface area contributed by atoms with Crippen LogP contribution in [0.15, 0.2) is 42.5 Å². The van der Waals surface area contributed by atoms with Crippen LogP contribution in [0.2, 0.25) is 0 Å². The van der Waals surface area contributed by atoms with Crippen LogP contribution in [0.1, 0.15) is 48.8 Å². The van der Waals surface area contributed by atoms with Gasteiger partial charge in [-0.2, -0.15) is 0 Å². The van der Waals surface area contributed by atoms with Gasteiger partial charge in [-0.05, 0) is 32.3 Å². The monoisotopic (exact) mass is 326 g/mol. The Morgan fingerprint density at radius 1 is 0.909 bits per heavy atom. The van der Waals surface area contributed by atoms with Crippen molar-refractivity contribution >= 4 is 31.5 Å². The molecular weight excluding hydrogens is 304 g/mol. The van der Waals surface area contributed by atoms with E-state index in [2.05, 4.69) is 56.3 Å². The van der Waals surface area contributed by atoms with E-state index in [1.165, 1.54) is 46.3 Å². The zero-order valence-corrected chi connectivity index (χ0v) is 15.2. The van der Waals surface area contributed by atoms with Gasteiger partial charge in [0.15, 0.2) is 0 Å². The molecule has 0 amide bonds. The Bertz CT molecular complexity index is 636. The molecule has 1 aliphatic rings. The van der Waals surface area contributed by atoms with Gasteiger partial charge < -0.3 is 0 Å². The summed E-state index contributed by atoms with van der Waals surface area (Å²) in [4.78, 5) is -0.138. The fourth-order valence-corrected chi connectivity index (χ4v) is 5.63. The van der Waals surface area contributed by atoms with Crippen LogP contribution in [-0.2, 0) is 4.87 Å². The van der Waals surface area contributed by atoms with Crippen molar-refractivity contribution in [1.29, 1.82) is 0 Å². The lowest BCUT2D eigenvalue weighted by Gasteiger charge is -2.33. The maximum atomic E-state index is 7.04. The van der Waals surface area contributed by atoms with Crippen molar-refractivity contribution in [3.8, 4) is 0 Å². The second-order valence-electron chi connectivity index (χ2n) is 6.57. The van der Waals surface area contributed by atoms with Gasteiger partial charge in [0.1, 0.15) is 9.52 Å². The van der Waals surface area contributed by atoms with E-state index in [0.717, 1.165) is 12.8 Å². The predicted octanol–water partition coefficient (Wildman–Crippen LogP) is 4.36. The van der Waals surface area contributed by atoms with E-state index in [9.17, 15) is 0 Å². The molecule has 2 aromatic rings. The Morgan fingerprint density at radius 2 is 1.55 bits per heavy atom. The van der Waals surface area contributed by atoms with E-state index in [0.29, 0.717) is 9.52 Å². The van der Waals surface area contributed by atoms with E-state index < -0.39 is 0 Å². The summed E-state index contributed by atoms with van der Waals surface area (Å²) >= 11 is 7.04. The molecule has 0 nitrogen and oxygen atoms in total. The normalized spacial score (nSPS) is 17.4. The minimum absolute atomic E-state index is 0.138. The first-order valence-corrected chi connectivity index (χ1v) is 9.58. The summed E-state index contributed by atoms with van der Waals surface area (Å²) in [6, 6.07) is 15.7. The maximum absolute atomic E-state index is 7.04. The summed E-state index contributed by atoms with van der Waals surface area (Å²) < 4.78 is 0. The zero-order chi connectivity index (χ0) is 15.6. The molecule has 0 heterocycles. The first-order chi connectivity index (χ1) is 10.6. The van der Waals surface area contributed by atoms with Gasteiger partial charge in [-0.3, -0.25) is 0 Å². The zero-order valence-electron chi connectivity index (χ0n) is 13.5. The summed E-state index contributed by atoms with van der Waals surface area (Å²) in [5, 5.41) is 2.84. The fourth-order valence-electron chi connectivity index (χ4n) is 3.57. The van der Waals surface area contributed by atoms with E-state index in [-0.39, 0.29) is 4.87 Å². The molecule has 0 bridgehead atoms. The van der Waals surface area contributed by atoms with Gasteiger partial charge in [0.25, 0.3) is 0 Å². The number of hydrogen-bond donors (Lipinski definition) is 0. The molecule has 0 spiro atoms. The van der Waals surface area contributed by atoms with Crippen molar-refractivity contribution in [2.75, 3.05) is 0 Å². The van der Waals surface area contributed by atoms with Gasteiger partial charge in [0.05, 0.1) is 4.87 Å². The minimum Gasteiger partial charge on any atom is -0.114 e. The molecule has 2 radical (unpaired) electrons. The molecule has 0 saturated heterocycles. The Kier molecular flexibility index (Phi) is 4.75. The van der Waals surface area contributed by atoms with E-state index in [1.807, 2.05) is 0 Å². The lowest BCUT2D eigenvalue weighted by molar-refractivity contribution is 0.400. The smallest absolute Gasteiger partial charge is 0.114 e. The summed E-state index contributed by atoms with van der Waals surface area (Å²) in [5.41, 5.74) is 4.06. The van der Waals surface area contributed by atoms with Crippen molar-refractivity contribution in [2.45, 2.75) is 50.8 Å². The Balaban J connectivity index is 1.94. The Labute approximate surface area is 141 Å². The first kappa shape index (κ1) is 15.8. The van der Waals surface area contributed by atoms with Crippen LogP contribution >= 0.6 is 11.6 Å². The average molecular weight is 327 g/mol. The summed E-state index contributed by atoms with van der Waals surface area (Å²) in [6.45, 7) is 4.36. The number of rotatable bonds is 3. The molecule has 3 rings (SSSR count). The maximum Gasteiger partial charge on any atom is 0.122 e. The molecule has 0 atom stereocenters.